The summed E-state index contributed by atoms with van der Waals surface area (Å²) < 4.78 is 5.94. The number of aryl methyl sites for hydroxylation is 2. The summed E-state index contributed by atoms with van der Waals surface area (Å²) in [6.45, 7) is 8.22. The molecule has 0 saturated carbocycles. The average molecular weight is 234 g/mol. The van der Waals surface area contributed by atoms with Crippen LogP contribution in [0.4, 0.5) is 0 Å². The first-order valence-corrected chi connectivity index (χ1v) is 6.08. The van der Waals surface area contributed by atoms with Crippen LogP contribution in [-0.4, -0.2) is 11.9 Å². The molecular weight excluding hydrogens is 212 g/mol. The minimum atomic E-state index is 0.101. The number of nitrogen functional groups attached to an aromatic ring is 1. The van der Waals surface area contributed by atoms with Crippen LogP contribution in [0.25, 0.3) is 0 Å². The molecule has 1 atom stereocenters. The van der Waals surface area contributed by atoms with Crippen molar-refractivity contribution in [3.8, 4) is 5.75 Å². The highest BCUT2D eigenvalue weighted by atomic mass is 16.5. The van der Waals surface area contributed by atoms with Gasteiger partial charge in [-0.3, -0.25) is 5.41 Å². The Morgan fingerprint density at radius 2 is 1.88 bits per heavy atom. The average Bonchev–Trinajstić information content (AvgIpc) is 2.23. The van der Waals surface area contributed by atoms with E-state index >= 15 is 0 Å². The molecule has 1 unspecified atom stereocenters. The third-order valence-electron chi connectivity index (χ3n) is 2.79. The van der Waals surface area contributed by atoms with E-state index in [1.54, 1.807) is 0 Å². The molecule has 3 N–H and O–H groups in total. The van der Waals surface area contributed by atoms with Crippen molar-refractivity contribution >= 4 is 5.84 Å². The smallest absolute Gasteiger partial charge is 0.125 e. The van der Waals surface area contributed by atoms with Gasteiger partial charge in [0.2, 0.25) is 0 Å². The van der Waals surface area contributed by atoms with E-state index in [2.05, 4.69) is 13.8 Å². The van der Waals surface area contributed by atoms with Crippen LogP contribution in [0.15, 0.2) is 12.1 Å². The Hall–Kier alpha value is -1.51. The molecule has 0 aliphatic rings. The van der Waals surface area contributed by atoms with Crippen LogP contribution in [0.1, 0.15) is 43.4 Å². The molecule has 94 valence electrons. The molecule has 0 saturated heterocycles. The summed E-state index contributed by atoms with van der Waals surface area (Å²) in [6, 6.07) is 3.81. The molecule has 0 radical (unpaired) electrons. The predicted molar refractivity (Wildman–Crippen MR) is 71.9 cm³/mol. The lowest BCUT2D eigenvalue weighted by Crippen LogP contribution is -2.15. The van der Waals surface area contributed by atoms with Crippen molar-refractivity contribution < 1.29 is 4.74 Å². The van der Waals surface area contributed by atoms with Crippen molar-refractivity contribution in [3.63, 3.8) is 0 Å². The van der Waals surface area contributed by atoms with Gasteiger partial charge < -0.3 is 10.5 Å². The number of hydrogen-bond donors (Lipinski definition) is 2. The summed E-state index contributed by atoms with van der Waals surface area (Å²) >= 11 is 0. The summed E-state index contributed by atoms with van der Waals surface area (Å²) in [7, 11) is 0. The van der Waals surface area contributed by atoms with E-state index in [1.807, 2.05) is 26.0 Å². The van der Waals surface area contributed by atoms with Crippen LogP contribution in [0.5, 0.6) is 5.75 Å². The van der Waals surface area contributed by atoms with E-state index in [0.717, 1.165) is 35.3 Å². The molecule has 0 heterocycles. The number of ether oxygens (including phenoxy) is 1. The maximum atomic E-state index is 7.44. The third kappa shape index (κ3) is 3.48. The van der Waals surface area contributed by atoms with Gasteiger partial charge in [0.1, 0.15) is 11.6 Å². The molecule has 1 rings (SSSR count). The van der Waals surface area contributed by atoms with Crippen molar-refractivity contribution in [2.45, 2.75) is 46.6 Å². The van der Waals surface area contributed by atoms with Crippen molar-refractivity contribution in [1.82, 2.24) is 0 Å². The Labute approximate surface area is 103 Å². The standard InChI is InChI=1S/C14H22N2O/c1-5-6-11(4)17-13-9(2)7-12(14(15)16)8-10(13)3/h7-8,11H,5-6H2,1-4H3,(H3,15,16). The molecule has 0 bridgehead atoms. The number of nitrogens with two attached hydrogens (primary N) is 1. The molecule has 0 spiro atoms. The zero-order valence-electron chi connectivity index (χ0n) is 11.1. The summed E-state index contributed by atoms with van der Waals surface area (Å²) in [5, 5.41) is 7.44. The SMILES string of the molecule is CCCC(C)Oc1c(C)cc(C(=N)N)cc1C. The van der Waals surface area contributed by atoms with E-state index in [4.69, 9.17) is 15.9 Å². The highest BCUT2D eigenvalue weighted by Gasteiger charge is 2.10. The normalized spacial score (nSPS) is 12.2. The van der Waals surface area contributed by atoms with Gasteiger partial charge in [0.15, 0.2) is 0 Å². The largest absolute Gasteiger partial charge is 0.490 e. The lowest BCUT2D eigenvalue weighted by Gasteiger charge is -2.18. The van der Waals surface area contributed by atoms with Crippen LogP contribution in [0, 0.1) is 19.3 Å². The van der Waals surface area contributed by atoms with Gasteiger partial charge in [0.05, 0.1) is 6.10 Å². The van der Waals surface area contributed by atoms with Crippen molar-refractivity contribution in [2.75, 3.05) is 0 Å². The van der Waals surface area contributed by atoms with Gasteiger partial charge in [-0.05, 0) is 50.5 Å². The zero-order valence-corrected chi connectivity index (χ0v) is 11.1. The molecule has 0 fully saturated rings. The molecular formula is C14H22N2O. The minimum Gasteiger partial charge on any atom is -0.490 e. The molecule has 1 aromatic carbocycles. The van der Waals surface area contributed by atoms with Crippen LogP contribution in [-0.2, 0) is 0 Å². The Bertz CT molecular complexity index is 390. The lowest BCUT2D eigenvalue weighted by atomic mass is 10.0. The Balaban J connectivity index is 2.97. The van der Waals surface area contributed by atoms with Crippen molar-refractivity contribution in [2.24, 2.45) is 5.73 Å². The Morgan fingerprint density at radius 1 is 1.35 bits per heavy atom. The summed E-state index contributed by atoms with van der Waals surface area (Å²) in [6.07, 6.45) is 2.39. The predicted octanol–water partition coefficient (Wildman–Crippen LogP) is 3.15. The number of benzene rings is 1. The highest BCUT2D eigenvalue weighted by molar-refractivity contribution is 5.95. The fourth-order valence-electron chi connectivity index (χ4n) is 1.96. The number of hydrogen-bond acceptors (Lipinski definition) is 2. The first-order valence-electron chi connectivity index (χ1n) is 6.08. The van der Waals surface area contributed by atoms with Crippen molar-refractivity contribution in [1.29, 1.82) is 5.41 Å². The summed E-state index contributed by atoms with van der Waals surface area (Å²) in [5.74, 6) is 1.03. The number of amidine groups is 1. The minimum absolute atomic E-state index is 0.101. The number of rotatable bonds is 5. The van der Waals surface area contributed by atoms with Crippen LogP contribution < -0.4 is 10.5 Å². The Morgan fingerprint density at radius 3 is 2.29 bits per heavy atom. The molecule has 0 aromatic heterocycles. The topological polar surface area (TPSA) is 59.1 Å². The van der Waals surface area contributed by atoms with Gasteiger partial charge in [-0.15, -0.1) is 0 Å². The fraction of sp³-hybridized carbons (Fsp3) is 0.500. The molecule has 3 nitrogen and oxygen atoms in total. The molecule has 3 heteroatoms. The molecule has 0 amide bonds. The van der Waals surface area contributed by atoms with E-state index in [0.29, 0.717) is 0 Å². The maximum absolute atomic E-state index is 7.44. The van der Waals surface area contributed by atoms with E-state index in [9.17, 15) is 0 Å². The van der Waals surface area contributed by atoms with Gasteiger partial charge >= 0.3 is 0 Å². The van der Waals surface area contributed by atoms with Crippen LogP contribution in [0.3, 0.4) is 0 Å². The van der Waals surface area contributed by atoms with Gasteiger partial charge in [0.25, 0.3) is 0 Å². The van der Waals surface area contributed by atoms with Crippen molar-refractivity contribution in [3.05, 3.63) is 28.8 Å². The molecule has 0 aliphatic carbocycles. The molecule has 0 aliphatic heterocycles. The van der Waals surface area contributed by atoms with E-state index in [-0.39, 0.29) is 11.9 Å². The third-order valence-corrected chi connectivity index (χ3v) is 2.79. The fourth-order valence-corrected chi connectivity index (χ4v) is 1.96. The van der Waals surface area contributed by atoms with Gasteiger partial charge in [-0.2, -0.15) is 0 Å². The number of nitrogens with one attached hydrogen (secondary N) is 1. The molecule has 1 aromatic rings. The summed E-state index contributed by atoms with van der Waals surface area (Å²) in [4.78, 5) is 0. The second-order valence-corrected chi connectivity index (χ2v) is 4.57. The molecule has 17 heavy (non-hydrogen) atoms. The zero-order chi connectivity index (χ0) is 13.0. The summed E-state index contributed by atoms with van der Waals surface area (Å²) in [5.41, 5.74) is 8.33. The van der Waals surface area contributed by atoms with Gasteiger partial charge in [0, 0.05) is 5.56 Å². The second kappa shape index (κ2) is 5.71. The lowest BCUT2D eigenvalue weighted by molar-refractivity contribution is 0.207. The van der Waals surface area contributed by atoms with Crippen LogP contribution >= 0.6 is 0 Å². The Kier molecular flexibility index (Phi) is 4.55. The highest BCUT2D eigenvalue weighted by Crippen LogP contribution is 2.26. The maximum Gasteiger partial charge on any atom is 0.125 e. The monoisotopic (exact) mass is 234 g/mol. The van der Waals surface area contributed by atoms with E-state index < -0.39 is 0 Å². The van der Waals surface area contributed by atoms with Gasteiger partial charge in [-0.25, -0.2) is 0 Å². The second-order valence-electron chi connectivity index (χ2n) is 4.57. The van der Waals surface area contributed by atoms with Crippen LogP contribution in [0.2, 0.25) is 0 Å². The quantitative estimate of drug-likeness (QED) is 0.607. The first kappa shape index (κ1) is 13.6. The van der Waals surface area contributed by atoms with Gasteiger partial charge in [-0.1, -0.05) is 13.3 Å². The van der Waals surface area contributed by atoms with E-state index in [1.165, 1.54) is 0 Å². The first-order chi connectivity index (χ1) is 7.95.